The SMILES string of the molecule is c1cc(-c2ccc3c(-c4cccc5ccccc45)c4ccccc4c(-c4ccccc4-c4cccc5ccccc45)c3c2)cc(-c2cccc3ccccc23)c1. The van der Waals surface area contributed by atoms with Crippen LogP contribution in [0.15, 0.2) is 218 Å². The van der Waals surface area contributed by atoms with Crippen LogP contribution in [-0.4, -0.2) is 0 Å². The largest absolute Gasteiger partial charge is 0.0616 e. The van der Waals surface area contributed by atoms with Gasteiger partial charge in [-0.3, -0.25) is 0 Å². The van der Waals surface area contributed by atoms with Gasteiger partial charge in [0.15, 0.2) is 0 Å². The first-order valence-electron chi connectivity index (χ1n) is 19.4. The van der Waals surface area contributed by atoms with Crippen LogP contribution < -0.4 is 0 Å². The number of rotatable bonds is 5. The summed E-state index contributed by atoms with van der Waals surface area (Å²) < 4.78 is 0. The summed E-state index contributed by atoms with van der Waals surface area (Å²) in [4.78, 5) is 0. The van der Waals surface area contributed by atoms with E-state index in [0.29, 0.717) is 0 Å². The number of benzene rings is 11. The monoisotopic (exact) mass is 708 g/mol. The third-order valence-corrected chi connectivity index (χ3v) is 11.7. The highest BCUT2D eigenvalue weighted by Crippen LogP contribution is 2.49. The van der Waals surface area contributed by atoms with Crippen LogP contribution in [0.2, 0.25) is 0 Å². The second-order valence-corrected chi connectivity index (χ2v) is 14.8. The average Bonchev–Trinajstić information content (AvgIpc) is 3.27. The van der Waals surface area contributed by atoms with Gasteiger partial charge in [0, 0.05) is 0 Å². The summed E-state index contributed by atoms with van der Waals surface area (Å²) in [6.45, 7) is 0. The smallest absolute Gasteiger partial charge is 0.00199 e. The molecule has 0 aliphatic rings. The number of fused-ring (bicyclic) bond motifs is 5. The molecular formula is C56H36. The Bertz CT molecular complexity index is 3290. The maximum absolute atomic E-state index is 2.45. The Morgan fingerprint density at radius 2 is 0.571 bits per heavy atom. The first-order valence-corrected chi connectivity index (χ1v) is 19.4. The molecule has 0 radical (unpaired) electrons. The van der Waals surface area contributed by atoms with E-state index in [0.717, 1.165) is 0 Å². The van der Waals surface area contributed by atoms with Crippen molar-refractivity contribution in [1.82, 2.24) is 0 Å². The molecule has 0 saturated heterocycles. The van der Waals surface area contributed by atoms with Crippen molar-refractivity contribution in [2.45, 2.75) is 0 Å². The standard InChI is InChI=1S/C56H36/c1-4-23-43-37(15-1)18-12-30-46(43)42-22-11-21-40(35-42)41-33-34-53-54(36-41)56(50-27-8-7-26-48(50)47-31-13-19-38-16-2-5-24-44(38)47)52-29-10-9-28-51(52)55(53)49-32-14-20-39-17-3-6-25-45(39)49/h1-36H. The van der Waals surface area contributed by atoms with E-state index >= 15 is 0 Å². The zero-order valence-corrected chi connectivity index (χ0v) is 30.8. The predicted molar refractivity (Wildman–Crippen MR) is 241 cm³/mol. The number of hydrogen-bond donors (Lipinski definition) is 0. The van der Waals surface area contributed by atoms with Crippen molar-refractivity contribution in [2.75, 3.05) is 0 Å². The van der Waals surface area contributed by atoms with Gasteiger partial charge >= 0.3 is 0 Å². The van der Waals surface area contributed by atoms with E-state index in [9.17, 15) is 0 Å². The Morgan fingerprint density at radius 3 is 1.23 bits per heavy atom. The van der Waals surface area contributed by atoms with Crippen molar-refractivity contribution in [3.8, 4) is 55.6 Å². The molecule has 0 aliphatic carbocycles. The lowest BCUT2D eigenvalue weighted by atomic mass is 9.81. The van der Waals surface area contributed by atoms with Crippen LogP contribution in [0.1, 0.15) is 0 Å². The van der Waals surface area contributed by atoms with Crippen molar-refractivity contribution < 1.29 is 0 Å². The second-order valence-electron chi connectivity index (χ2n) is 14.8. The average molecular weight is 709 g/mol. The van der Waals surface area contributed by atoms with Crippen LogP contribution in [0, 0.1) is 0 Å². The molecule has 0 nitrogen and oxygen atoms in total. The van der Waals surface area contributed by atoms with E-state index in [1.165, 1.54) is 109 Å². The summed E-state index contributed by atoms with van der Waals surface area (Å²) >= 11 is 0. The zero-order valence-electron chi connectivity index (χ0n) is 30.8. The Labute approximate surface area is 326 Å². The molecule has 0 heterocycles. The summed E-state index contributed by atoms with van der Waals surface area (Å²) in [6.07, 6.45) is 0. The van der Waals surface area contributed by atoms with Crippen molar-refractivity contribution in [2.24, 2.45) is 0 Å². The molecule has 260 valence electrons. The molecule has 0 N–H and O–H groups in total. The van der Waals surface area contributed by atoms with Gasteiger partial charge in [-0.1, -0.05) is 206 Å². The zero-order chi connectivity index (χ0) is 37.0. The van der Waals surface area contributed by atoms with Gasteiger partial charge < -0.3 is 0 Å². The quantitative estimate of drug-likeness (QED) is 0.156. The van der Waals surface area contributed by atoms with Crippen LogP contribution in [0.3, 0.4) is 0 Å². The lowest BCUT2D eigenvalue weighted by Gasteiger charge is -2.21. The minimum absolute atomic E-state index is 1.20. The van der Waals surface area contributed by atoms with Crippen LogP contribution in [0.5, 0.6) is 0 Å². The van der Waals surface area contributed by atoms with Crippen LogP contribution in [0.25, 0.3) is 109 Å². The van der Waals surface area contributed by atoms with E-state index < -0.39 is 0 Å². The molecule has 0 atom stereocenters. The number of hydrogen-bond acceptors (Lipinski definition) is 0. The molecule has 0 spiro atoms. The van der Waals surface area contributed by atoms with Gasteiger partial charge in [-0.25, -0.2) is 0 Å². The lowest BCUT2D eigenvalue weighted by Crippen LogP contribution is -1.94. The van der Waals surface area contributed by atoms with Crippen molar-refractivity contribution in [3.63, 3.8) is 0 Å². The van der Waals surface area contributed by atoms with Gasteiger partial charge in [0.25, 0.3) is 0 Å². The molecule has 56 heavy (non-hydrogen) atoms. The fourth-order valence-electron chi connectivity index (χ4n) is 9.12. The van der Waals surface area contributed by atoms with E-state index in [4.69, 9.17) is 0 Å². The van der Waals surface area contributed by atoms with Gasteiger partial charge in [-0.05, 0) is 122 Å². The predicted octanol–water partition coefficient (Wildman–Crippen LogP) is 15.8. The minimum Gasteiger partial charge on any atom is -0.0616 e. The van der Waals surface area contributed by atoms with E-state index in [1.54, 1.807) is 0 Å². The fourth-order valence-corrected chi connectivity index (χ4v) is 9.12. The Hall–Kier alpha value is -7.28. The summed E-state index contributed by atoms with van der Waals surface area (Å²) in [5, 5.41) is 12.5. The van der Waals surface area contributed by atoms with Crippen LogP contribution >= 0.6 is 0 Å². The van der Waals surface area contributed by atoms with Crippen molar-refractivity contribution in [3.05, 3.63) is 218 Å². The second kappa shape index (κ2) is 13.2. The van der Waals surface area contributed by atoms with E-state index in [1.807, 2.05) is 0 Å². The first kappa shape index (κ1) is 32.2. The maximum atomic E-state index is 2.45. The third-order valence-electron chi connectivity index (χ3n) is 11.7. The molecule has 11 aromatic carbocycles. The van der Waals surface area contributed by atoms with Crippen molar-refractivity contribution >= 4 is 53.9 Å². The van der Waals surface area contributed by atoms with Crippen LogP contribution in [-0.2, 0) is 0 Å². The third kappa shape index (κ3) is 5.22. The van der Waals surface area contributed by atoms with E-state index in [-0.39, 0.29) is 0 Å². The molecule has 11 rings (SSSR count). The Balaban J connectivity index is 1.23. The normalized spacial score (nSPS) is 11.6. The topological polar surface area (TPSA) is 0 Å². The summed E-state index contributed by atoms with van der Waals surface area (Å²) in [6, 6.07) is 80.5. The Kier molecular flexibility index (Phi) is 7.60. The maximum Gasteiger partial charge on any atom is -0.00199 e. The molecule has 0 saturated carbocycles. The Morgan fingerprint density at radius 1 is 0.179 bits per heavy atom. The first-order chi connectivity index (χ1) is 27.8. The summed E-state index contributed by atoms with van der Waals surface area (Å²) in [7, 11) is 0. The minimum atomic E-state index is 1.20. The van der Waals surface area contributed by atoms with Gasteiger partial charge in [0.05, 0.1) is 0 Å². The highest BCUT2D eigenvalue weighted by atomic mass is 14.2. The molecule has 0 amide bonds. The molecular weight excluding hydrogens is 673 g/mol. The van der Waals surface area contributed by atoms with E-state index in [2.05, 4.69) is 218 Å². The highest BCUT2D eigenvalue weighted by Gasteiger charge is 2.21. The fraction of sp³-hybridized carbons (Fsp3) is 0. The van der Waals surface area contributed by atoms with Crippen molar-refractivity contribution in [1.29, 1.82) is 0 Å². The van der Waals surface area contributed by atoms with Gasteiger partial charge in [0.2, 0.25) is 0 Å². The lowest BCUT2D eigenvalue weighted by molar-refractivity contribution is 1.61. The summed E-state index contributed by atoms with van der Waals surface area (Å²) in [5.41, 5.74) is 12.4. The summed E-state index contributed by atoms with van der Waals surface area (Å²) in [5.74, 6) is 0. The highest BCUT2D eigenvalue weighted by molar-refractivity contribution is 6.25. The van der Waals surface area contributed by atoms with Gasteiger partial charge in [-0.2, -0.15) is 0 Å². The molecule has 0 unspecified atom stereocenters. The molecule has 0 fully saturated rings. The molecule has 0 heteroatoms. The molecule has 11 aromatic rings. The van der Waals surface area contributed by atoms with Gasteiger partial charge in [0.1, 0.15) is 0 Å². The molecule has 0 aromatic heterocycles. The van der Waals surface area contributed by atoms with Gasteiger partial charge in [-0.15, -0.1) is 0 Å². The molecule has 0 bridgehead atoms. The van der Waals surface area contributed by atoms with Crippen LogP contribution in [0.4, 0.5) is 0 Å². The molecule has 0 aliphatic heterocycles.